The Morgan fingerprint density at radius 2 is 1.94 bits per heavy atom. The van der Waals surface area contributed by atoms with Crippen LogP contribution in [0.15, 0.2) is 42.5 Å². The van der Waals surface area contributed by atoms with E-state index in [1.807, 2.05) is 11.8 Å². The highest BCUT2D eigenvalue weighted by atomic mass is 16.6. The van der Waals surface area contributed by atoms with Gasteiger partial charge in [-0.1, -0.05) is 36.4 Å². The summed E-state index contributed by atoms with van der Waals surface area (Å²) in [7, 11) is 0. The number of hydrogen-bond acceptors (Lipinski definition) is 4. The van der Waals surface area contributed by atoms with Gasteiger partial charge >= 0.3 is 6.09 Å². The molecule has 162 valence electrons. The molecule has 2 aliphatic heterocycles. The van der Waals surface area contributed by atoms with Gasteiger partial charge < -0.3 is 14.4 Å². The third-order valence-electron chi connectivity index (χ3n) is 6.71. The van der Waals surface area contributed by atoms with E-state index in [0.717, 1.165) is 51.2 Å². The Morgan fingerprint density at radius 3 is 2.74 bits per heavy atom. The molecular formula is C26H30N2O3. The Kier molecular flexibility index (Phi) is 5.68. The molecule has 0 aromatic heterocycles. The summed E-state index contributed by atoms with van der Waals surface area (Å²) in [6.45, 7) is 6.34. The zero-order chi connectivity index (χ0) is 21.2. The fraction of sp³-hybridized carbons (Fsp3) is 0.423. The summed E-state index contributed by atoms with van der Waals surface area (Å²) < 4.78 is 11.3. The minimum Gasteiger partial charge on any atom is -0.492 e. The molecular weight excluding hydrogens is 388 g/mol. The number of carbonyl (C=O) groups excluding carboxylic acids is 1. The number of fused-ring (bicyclic) bond motifs is 2. The number of carbonyl (C=O) groups is 1. The summed E-state index contributed by atoms with van der Waals surface area (Å²) in [5.74, 6) is 1.01. The van der Waals surface area contributed by atoms with Crippen LogP contribution < -0.4 is 4.74 Å². The highest BCUT2D eigenvalue weighted by Crippen LogP contribution is 2.35. The standard InChI is InChI=1S/C26H30N2O3/c1-2-30-26(29)27-11-9-24(10-12-27)28-13-14-31-25-8-7-21(17-23(25)18-28)22-15-19-5-3-4-6-20(19)16-22/h3-8,15,17,24H,2,9-14,16,18H2,1H3. The van der Waals surface area contributed by atoms with Crippen molar-refractivity contribution >= 4 is 17.7 Å². The van der Waals surface area contributed by atoms with Crippen molar-refractivity contribution in [3.8, 4) is 5.75 Å². The van der Waals surface area contributed by atoms with Gasteiger partial charge in [0.25, 0.3) is 0 Å². The molecule has 1 amide bonds. The van der Waals surface area contributed by atoms with Crippen LogP contribution in [0.4, 0.5) is 4.79 Å². The SMILES string of the molecule is CCOC(=O)N1CCC(N2CCOc3ccc(C4=Cc5ccccc5C4)cc3C2)CC1. The number of allylic oxidation sites excluding steroid dienone is 1. The van der Waals surface area contributed by atoms with Crippen molar-refractivity contribution in [1.82, 2.24) is 9.80 Å². The normalized spacial score (nSPS) is 19.1. The topological polar surface area (TPSA) is 42.0 Å². The summed E-state index contributed by atoms with van der Waals surface area (Å²) >= 11 is 0. The molecule has 2 heterocycles. The van der Waals surface area contributed by atoms with E-state index in [-0.39, 0.29) is 6.09 Å². The van der Waals surface area contributed by atoms with Gasteiger partial charge in [0.1, 0.15) is 12.4 Å². The number of ether oxygens (including phenoxy) is 2. The lowest BCUT2D eigenvalue weighted by Crippen LogP contribution is -2.47. The predicted molar refractivity (Wildman–Crippen MR) is 122 cm³/mol. The van der Waals surface area contributed by atoms with E-state index in [1.165, 1.54) is 27.8 Å². The second-order valence-electron chi connectivity index (χ2n) is 8.60. The largest absolute Gasteiger partial charge is 0.492 e. The van der Waals surface area contributed by atoms with E-state index in [4.69, 9.17) is 9.47 Å². The summed E-state index contributed by atoms with van der Waals surface area (Å²) in [6, 6.07) is 15.8. The van der Waals surface area contributed by atoms with Crippen LogP contribution in [0.3, 0.4) is 0 Å². The van der Waals surface area contributed by atoms with Gasteiger partial charge in [0.05, 0.1) is 6.61 Å². The van der Waals surface area contributed by atoms with Crippen molar-refractivity contribution < 1.29 is 14.3 Å². The van der Waals surface area contributed by atoms with Gasteiger partial charge in [0.15, 0.2) is 0 Å². The van der Waals surface area contributed by atoms with Crippen LogP contribution in [0.1, 0.15) is 42.0 Å². The number of piperidine rings is 1. The molecule has 5 rings (SSSR count). The minimum atomic E-state index is -0.180. The average Bonchev–Trinajstić information content (AvgIpc) is 3.12. The third kappa shape index (κ3) is 4.19. The minimum absolute atomic E-state index is 0.180. The predicted octanol–water partition coefficient (Wildman–Crippen LogP) is 4.60. The maximum atomic E-state index is 12.0. The third-order valence-corrected chi connectivity index (χ3v) is 6.71. The van der Waals surface area contributed by atoms with Gasteiger partial charge in [0, 0.05) is 37.8 Å². The van der Waals surface area contributed by atoms with E-state index >= 15 is 0 Å². The van der Waals surface area contributed by atoms with Gasteiger partial charge in [-0.25, -0.2) is 4.79 Å². The van der Waals surface area contributed by atoms with Crippen molar-refractivity contribution in [1.29, 1.82) is 0 Å². The maximum absolute atomic E-state index is 12.0. The summed E-state index contributed by atoms with van der Waals surface area (Å²) in [4.78, 5) is 16.4. The van der Waals surface area contributed by atoms with Crippen molar-refractivity contribution in [2.75, 3.05) is 32.8 Å². The molecule has 31 heavy (non-hydrogen) atoms. The zero-order valence-corrected chi connectivity index (χ0v) is 18.2. The first-order chi connectivity index (χ1) is 15.2. The highest BCUT2D eigenvalue weighted by Gasteiger charge is 2.29. The number of rotatable bonds is 3. The Labute approximate surface area is 184 Å². The van der Waals surface area contributed by atoms with Crippen LogP contribution in [0.2, 0.25) is 0 Å². The first-order valence-electron chi connectivity index (χ1n) is 11.4. The van der Waals surface area contributed by atoms with Crippen molar-refractivity contribution in [2.45, 2.75) is 38.8 Å². The van der Waals surface area contributed by atoms with Gasteiger partial charge in [-0.2, -0.15) is 0 Å². The van der Waals surface area contributed by atoms with Gasteiger partial charge in [-0.3, -0.25) is 4.90 Å². The second kappa shape index (κ2) is 8.75. The number of benzene rings is 2. The Hall–Kier alpha value is -2.79. The first-order valence-corrected chi connectivity index (χ1v) is 11.4. The molecule has 0 N–H and O–H groups in total. The van der Waals surface area contributed by atoms with Crippen LogP contribution >= 0.6 is 0 Å². The smallest absolute Gasteiger partial charge is 0.409 e. The van der Waals surface area contributed by atoms with E-state index in [9.17, 15) is 4.79 Å². The number of nitrogens with zero attached hydrogens (tertiary/aromatic N) is 2. The number of amides is 1. The van der Waals surface area contributed by atoms with E-state index in [0.29, 0.717) is 19.3 Å². The van der Waals surface area contributed by atoms with Crippen molar-refractivity contribution in [3.63, 3.8) is 0 Å². The van der Waals surface area contributed by atoms with Gasteiger partial charge in [-0.15, -0.1) is 0 Å². The monoisotopic (exact) mass is 418 g/mol. The van der Waals surface area contributed by atoms with E-state index in [1.54, 1.807) is 0 Å². The Balaban J connectivity index is 1.29. The van der Waals surface area contributed by atoms with Crippen LogP contribution in [0.25, 0.3) is 11.6 Å². The van der Waals surface area contributed by atoms with Crippen LogP contribution in [0.5, 0.6) is 5.75 Å². The molecule has 2 aromatic carbocycles. The quantitative estimate of drug-likeness (QED) is 0.731. The molecule has 5 nitrogen and oxygen atoms in total. The van der Waals surface area contributed by atoms with E-state index in [2.05, 4.69) is 53.4 Å². The zero-order valence-electron chi connectivity index (χ0n) is 18.2. The van der Waals surface area contributed by atoms with Crippen LogP contribution in [-0.2, 0) is 17.7 Å². The molecule has 1 fully saturated rings. The molecule has 1 saturated heterocycles. The highest BCUT2D eigenvalue weighted by molar-refractivity contribution is 5.88. The Bertz CT molecular complexity index is 992. The lowest BCUT2D eigenvalue weighted by Gasteiger charge is -2.37. The molecule has 0 unspecified atom stereocenters. The lowest BCUT2D eigenvalue weighted by molar-refractivity contribution is 0.0704. The number of hydrogen-bond donors (Lipinski definition) is 0. The average molecular weight is 419 g/mol. The molecule has 0 radical (unpaired) electrons. The number of likely N-dealkylation sites (tertiary alicyclic amines) is 1. The molecule has 0 atom stereocenters. The Morgan fingerprint density at radius 1 is 1.10 bits per heavy atom. The first kappa shape index (κ1) is 20.1. The van der Waals surface area contributed by atoms with Gasteiger partial charge in [-0.05, 0) is 60.6 Å². The fourth-order valence-electron chi connectivity index (χ4n) is 5.02. The molecule has 1 aliphatic carbocycles. The van der Waals surface area contributed by atoms with Crippen molar-refractivity contribution in [2.24, 2.45) is 0 Å². The van der Waals surface area contributed by atoms with Crippen molar-refractivity contribution in [3.05, 3.63) is 64.7 Å². The molecule has 0 bridgehead atoms. The maximum Gasteiger partial charge on any atom is 0.409 e. The molecule has 0 spiro atoms. The van der Waals surface area contributed by atoms with E-state index < -0.39 is 0 Å². The van der Waals surface area contributed by atoms with Gasteiger partial charge in [0.2, 0.25) is 0 Å². The summed E-state index contributed by atoms with van der Waals surface area (Å²) in [5, 5.41) is 0. The molecule has 3 aliphatic rings. The summed E-state index contributed by atoms with van der Waals surface area (Å²) in [6.07, 6.45) is 5.09. The molecule has 5 heteroatoms. The second-order valence-corrected chi connectivity index (χ2v) is 8.60. The van der Waals surface area contributed by atoms with Crippen LogP contribution in [-0.4, -0.2) is 54.8 Å². The molecule has 2 aromatic rings. The summed E-state index contributed by atoms with van der Waals surface area (Å²) in [5.41, 5.74) is 6.66. The fourth-order valence-corrected chi connectivity index (χ4v) is 5.02. The van der Waals surface area contributed by atoms with Crippen LogP contribution in [0, 0.1) is 0 Å². The lowest BCUT2D eigenvalue weighted by atomic mass is 9.99. The molecule has 0 saturated carbocycles.